The predicted molar refractivity (Wildman–Crippen MR) is 135 cm³/mol. The first-order chi connectivity index (χ1) is 16.7. The Morgan fingerprint density at radius 1 is 1.00 bits per heavy atom. The SMILES string of the molecule is CN(C)CCNC(c1ccccc1)c1cnc(-c2cccc(Oc3ccc4[nH]ccc4n3)c2)[nH]1. The van der Waals surface area contributed by atoms with E-state index >= 15 is 0 Å². The number of pyridine rings is 1. The highest BCUT2D eigenvalue weighted by molar-refractivity contribution is 5.75. The quantitative estimate of drug-likeness (QED) is 0.294. The Balaban J connectivity index is 1.37. The van der Waals surface area contributed by atoms with E-state index in [-0.39, 0.29) is 6.04 Å². The van der Waals surface area contributed by atoms with Crippen molar-refractivity contribution in [1.82, 2.24) is 30.2 Å². The molecule has 0 saturated heterocycles. The summed E-state index contributed by atoms with van der Waals surface area (Å²) in [4.78, 5) is 18.1. The minimum absolute atomic E-state index is 0.0270. The maximum atomic E-state index is 6.03. The zero-order chi connectivity index (χ0) is 23.3. The Hall–Kier alpha value is -3.94. The number of ether oxygens (including phenoxy) is 1. The van der Waals surface area contributed by atoms with Crippen molar-refractivity contribution in [2.75, 3.05) is 27.2 Å². The lowest BCUT2D eigenvalue weighted by Gasteiger charge is -2.19. The highest BCUT2D eigenvalue weighted by atomic mass is 16.5. The molecule has 3 heterocycles. The van der Waals surface area contributed by atoms with Gasteiger partial charge >= 0.3 is 0 Å². The van der Waals surface area contributed by atoms with Gasteiger partial charge in [-0.1, -0.05) is 42.5 Å². The van der Waals surface area contributed by atoms with Crippen molar-refractivity contribution in [2.24, 2.45) is 0 Å². The lowest BCUT2D eigenvalue weighted by atomic mass is 10.0. The van der Waals surface area contributed by atoms with Crippen LogP contribution >= 0.6 is 0 Å². The molecule has 0 amide bonds. The van der Waals surface area contributed by atoms with Crippen molar-refractivity contribution in [1.29, 1.82) is 0 Å². The molecule has 0 saturated carbocycles. The van der Waals surface area contributed by atoms with Crippen molar-refractivity contribution in [2.45, 2.75) is 6.04 Å². The van der Waals surface area contributed by atoms with Gasteiger partial charge in [-0.15, -0.1) is 0 Å². The summed E-state index contributed by atoms with van der Waals surface area (Å²) < 4.78 is 6.03. The Bertz CT molecular complexity index is 1360. The second-order valence-corrected chi connectivity index (χ2v) is 8.48. The lowest BCUT2D eigenvalue weighted by Crippen LogP contribution is -2.30. The first kappa shape index (κ1) is 21.9. The number of hydrogen-bond acceptors (Lipinski definition) is 5. The summed E-state index contributed by atoms with van der Waals surface area (Å²) >= 11 is 0. The number of H-pyrrole nitrogens is 2. The van der Waals surface area contributed by atoms with Gasteiger partial charge in [0.1, 0.15) is 11.6 Å². The molecule has 3 aromatic heterocycles. The van der Waals surface area contributed by atoms with Crippen LogP contribution in [0.3, 0.4) is 0 Å². The van der Waals surface area contributed by atoms with E-state index in [9.17, 15) is 0 Å². The van der Waals surface area contributed by atoms with Crippen LogP contribution in [0.5, 0.6) is 11.6 Å². The third kappa shape index (κ3) is 5.01. The van der Waals surface area contributed by atoms with Gasteiger partial charge in [-0.25, -0.2) is 9.97 Å². The van der Waals surface area contributed by atoms with Gasteiger partial charge in [-0.05, 0) is 43.9 Å². The summed E-state index contributed by atoms with van der Waals surface area (Å²) in [6.45, 7) is 1.81. The average molecular weight is 453 g/mol. The van der Waals surface area contributed by atoms with Gasteiger partial charge in [0, 0.05) is 30.9 Å². The third-order valence-electron chi connectivity index (χ3n) is 5.66. The Kier molecular flexibility index (Phi) is 6.38. The van der Waals surface area contributed by atoms with E-state index in [4.69, 9.17) is 4.74 Å². The molecule has 7 heteroatoms. The van der Waals surface area contributed by atoms with Crippen LogP contribution in [-0.2, 0) is 0 Å². The number of nitrogens with zero attached hydrogens (tertiary/aromatic N) is 3. The highest BCUT2D eigenvalue weighted by Crippen LogP contribution is 2.28. The van der Waals surface area contributed by atoms with Crippen LogP contribution < -0.4 is 10.1 Å². The van der Waals surface area contributed by atoms with Crippen molar-refractivity contribution in [3.63, 3.8) is 0 Å². The van der Waals surface area contributed by atoms with Gasteiger partial charge < -0.3 is 24.9 Å². The summed E-state index contributed by atoms with van der Waals surface area (Å²) in [7, 11) is 4.16. The number of aromatic nitrogens is 4. The maximum Gasteiger partial charge on any atom is 0.219 e. The molecule has 5 rings (SSSR count). The molecular formula is C27H28N6O. The van der Waals surface area contributed by atoms with E-state index in [2.05, 4.69) is 68.5 Å². The van der Waals surface area contributed by atoms with Crippen LogP contribution in [0.15, 0.2) is 85.2 Å². The molecule has 0 radical (unpaired) electrons. The summed E-state index contributed by atoms with van der Waals surface area (Å²) in [5, 5.41) is 3.66. The molecule has 1 atom stereocenters. The molecule has 7 nitrogen and oxygen atoms in total. The fourth-order valence-corrected chi connectivity index (χ4v) is 3.91. The molecule has 172 valence electrons. The number of rotatable bonds is 9. The van der Waals surface area contributed by atoms with E-state index in [0.717, 1.165) is 41.2 Å². The number of aromatic amines is 2. The predicted octanol–water partition coefficient (Wildman–Crippen LogP) is 4.99. The van der Waals surface area contributed by atoms with Crippen LogP contribution in [0.25, 0.3) is 22.4 Å². The largest absolute Gasteiger partial charge is 0.439 e. The number of nitrogens with one attached hydrogen (secondary N) is 3. The number of imidazole rings is 1. The van der Waals surface area contributed by atoms with Crippen molar-refractivity contribution >= 4 is 11.0 Å². The zero-order valence-corrected chi connectivity index (χ0v) is 19.3. The van der Waals surface area contributed by atoms with Crippen LogP contribution in [0.1, 0.15) is 17.3 Å². The first-order valence-electron chi connectivity index (χ1n) is 11.4. The molecule has 3 N–H and O–H groups in total. The van der Waals surface area contributed by atoms with Gasteiger partial charge in [-0.3, -0.25) is 0 Å². The molecule has 0 fully saturated rings. The first-order valence-corrected chi connectivity index (χ1v) is 11.4. The molecule has 0 aliphatic rings. The van der Waals surface area contributed by atoms with Gasteiger partial charge in [0.05, 0.1) is 29.0 Å². The van der Waals surface area contributed by atoms with E-state index in [1.165, 1.54) is 5.56 Å². The lowest BCUT2D eigenvalue weighted by molar-refractivity contribution is 0.392. The highest BCUT2D eigenvalue weighted by Gasteiger charge is 2.17. The number of likely N-dealkylation sites (N-methyl/N-ethyl adjacent to an activating group) is 1. The zero-order valence-electron chi connectivity index (χ0n) is 19.3. The van der Waals surface area contributed by atoms with E-state index < -0.39 is 0 Å². The molecule has 0 spiro atoms. The molecule has 34 heavy (non-hydrogen) atoms. The van der Waals surface area contributed by atoms with Gasteiger partial charge in [-0.2, -0.15) is 0 Å². The molecular weight excluding hydrogens is 424 g/mol. The molecule has 0 aliphatic carbocycles. The van der Waals surface area contributed by atoms with Gasteiger partial charge in [0.2, 0.25) is 5.88 Å². The third-order valence-corrected chi connectivity index (χ3v) is 5.66. The smallest absolute Gasteiger partial charge is 0.219 e. The van der Waals surface area contributed by atoms with E-state index in [1.54, 1.807) is 0 Å². The monoisotopic (exact) mass is 452 g/mol. The second-order valence-electron chi connectivity index (χ2n) is 8.48. The fourth-order valence-electron chi connectivity index (χ4n) is 3.91. The van der Waals surface area contributed by atoms with Crippen molar-refractivity contribution in [3.8, 4) is 23.0 Å². The molecule has 5 aromatic rings. The standard InChI is InChI=1S/C27H28N6O/c1-33(2)16-15-29-26(19-7-4-3-5-8-19)24-18-30-27(32-24)20-9-6-10-21(17-20)34-25-12-11-22-23(31-25)13-14-28-22/h3-14,17-18,26,28-29H,15-16H2,1-2H3,(H,30,32). The maximum absolute atomic E-state index is 6.03. The van der Waals surface area contributed by atoms with E-state index in [1.807, 2.05) is 60.9 Å². The van der Waals surface area contributed by atoms with Crippen LogP contribution in [0.2, 0.25) is 0 Å². The Morgan fingerprint density at radius 2 is 1.88 bits per heavy atom. The minimum Gasteiger partial charge on any atom is -0.439 e. The Labute approximate surface area is 198 Å². The van der Waals surface area contributed by atoms with Crippen LogP contribution in [0.4, 0.5) is 0 Å². The summed E-state index contributed by atoms with van der Waals surface area (Å²) in [6.07, 6.45) is 3.78. The van der Waals surface area contributed by atoms with Crippen molar-refractivity contribution in [3.05, 3.63) is 96.4 Å². The van der Waals surface area contributed by atoms with Gasteiger partial charge in [0.15, 0.2) is 0 Å². The molecule has 0 bridgehead atoms. The number of fused-ring (bicyclic) bond motifs is 1. The Morgan fingerprint density at radius 3 is 2.74 bits per heavy atom. The topological polar surface area (TPSA) is 81.9 Å². The summed E-state index contributed by atoms with van der Waals surface area (Å²) in [5.74, 6) is 2.06. The number of benzene rings is 2. The molecule has 0 aliphatic heterocycles. The second kappa shape index (κ2) is 9.91. The summed E-state index contributed by atoms with van der Waals surface area (Å²) in [5.41, 5.74) is 5.02. The average Bonchev–Trinajstić information content (AvgIpc) is 3.52. The normalized spacial score (nSPS) is 12.3. The van der Waals surface area contributed by atoms with Gasteiger partial charge in [0.25, 0.3) is 0 Å². The van der Waals surface area contributed by atoms with Crippen LogP contribution in [0, 0.1) is 0 Å². The minimum atomic E-state index is 0.0270. The summed E-state index contributed by atoms with van der Waals surface area (Å²) in [6, 6.07) is 24.1. The van der Waals surface area contributed by atoms with E-state index in [0.29, 0.717) is 11.6 Å². The fraction of sp³-hybridized carbons (Fsp3) is 0.185. The molecule has 2 aromatic carbocycles. The number of hydrogen-bond donors (Lipinski definition) is 3. The molecule has 1 unspecified atom stereocenters. The van der Waals surface area contributed by atoms with Crippen LogP contribution in [-0.4, -0.2) is 52.0 Å². The van der Waals surface area contributed by atoms with Crippen molar-refractivity contribution < 1.29 is 4.74 Å².